The number of fused-ring (bicyclic) bond motifs is 3. The molecule has 2 aromatic carbocycles. The predicted octanol–water partition coefficient (Wildman–Crippen LogP) is 2.89. The maximum absolute atomic E-state index is 12.9. The highest BCUT2D eigenvalue weighted by Crippen LogP contribution is 2.37. The highest BCUT2D eigenvalue weighted by Gasteiger charge is 2.30. The van der Waals surface area contributed by atoms with E-state index in [4.69, 9.17) is 0 Å². The van der Waals surface area contributed by atoms with Crippen LogP contribution in [0, 0.1) is 5.92 Å². The minimum Gasteiger partial charge on any atom is -0.356 e. The van der Waals surface area contributed by atoms with Gasteiger partial charge in [-0.05, 0) is 43.0 Å². The van der Waals surface area contributed by atoms with Gasteiger partial charge in [0.1, 0.15) is 0 Å². The third-order valence-corrected chi connectivity index (χ3v) is 5.48. The molecule has 0 spiro atoms. The molecule has 1 aliphatic heterocycles. The van der Waals surface area contributed by atoms with Crippen LogP contribution in [0.25, 0.3) is 11.1 Å². The van der Waals surface area contributed by atoms with Gasteiger partial charge >= 0.3 is 0 Å². The first-order valence-corrected chi connectivity index (χ1v) is 9.45. The van der Waals surface area contributed by atoms with Crippen LogP contribution in [0.3, 0.4) is 0 Å². The maximum Gasteiger partial charge on any atom is 0.253 e. The second kappa shape index (κ2) is 6.99. The Bertz CT molecular complexity index is 927. The van der Waals surface area contributed by atoms with Crippen molar-refractivity contribution in [1.82, 2.24) is 10.2 Å². The minimum atomic E-state index is -0.0732. The van der Waals surface area contributed by atoms with Gasteiger partial charge in [-0.1, -0.05) is 30.3 Å². The fraction of sp³-hybridized carbons (Fsp3) is 0.318. The SMILES string of the molecule is CCNC(=O)C1CCN(C(=O)c2ccc3c(c2)C(=O)c2ccccc2-3)CC1. The summed E-state index contributed by atoms with van der Waals surface area (Å²) in [7, 11) is 0. The fourth-order valence-electron chi connectivity index (χ4n) is 4.01. The zero-order chi connectivity index (χ0) is 19.0. The average Bonchev–Trinajstić information content (AvgIpc) is 3.00. The summed E-state index contributed by atoms with van der Waals surface area (Å²) in [4.78, 5) is 39.3. The molecule has 138 valence electrons. The van der Waals surface area contributed by atoms with Crippen LogP contribution >= 0.6 is 0 Å². The Morgan fingerprint density at radius 1 is 1.00 bits per heavy atom. The molecule has 0 bridgehead atoms. The number of ketones is 1. The van der Waals surface area contributed by atoms with Gasteiger partial charge in [0.05, 0.1) is 0 Å². The standard InChI is InChI=1S/C22H22N2O3/c1-2-23-21(26)14-9-11-24(12-10-14)22(27)15-7-8-17-16-5-3-4-6-18(16)20(25)19(17)13-15/h3-8,13-14H,2,9-12H2,1H3,(H,23,26). The molecule has 0 unspecified atom stereocenters. The van der Waals surface area contributed by atoms with Gasteiger partial charge in [-0.15, -0.1) is 0 Å². The Morgan fingerprint density at radius 3 is 2.37 bits per heavy atom. The molecule has 5 nitrogen and oxygen atoms in total. The smallest absolute Gasteiger partial charge is 0.253 e. The normalized spacial score (nSPS) is 16.0. The van der Waals surface area contributed by atoms with Crippen LogP contribution in [0.5, 0.6) is 0 Å². The van der Waals surface area contributed by atoms with Crippen molar-refractivity contribution in [2.75, 3.05) is 19.6 Å². The van der Waals surface area contributed by atoms with Crippen LogP contribution in [0.2, 0.25) is 0 Å². The molecule has 5 heteroatoms. The molecule has 1 heterocycles. The van der Waals surface area contributed by atoms with Crippen LogP contribution in [-0.2, 0) is 4.79 Å². The van der Waals surface area contributed by atoms with Crippen molar-refractivity contribution in [2.24, 2.45) is 5.92 Å². The van der Waals surface area contributed by atoms with Gasteiger partial charge in [0.25, 0.3) is 5.91 Å². The number of hydrogen-bond acceptors (Lipinski definition) is 3. The number of nitrogens with one attached hydrogen (secondary N) is 1. The third-order valence-electron chi connectivity index (χ3n) is 5.48. The van der Waals surface area contributed by atoms with E-state index in [1.807, 2.05) is 37.3 Å². The van der Waals surface area contributed by atoms with Crippen LogP contribution in [0.1, 0.15) is 46.0 Å². The lowest BCUT2D eigenvalue weighted by molar-refractivity contribution is -0.126. The zero-order valence-electron chi connectivity index (χ0n) is 15.3. The summed E-state index contributed by atoms with van der Waals surface area (Å²) in [5.41, 5.74) is 3.65. The van der Waals surface area contributed by atoms with Crippen LogP contribution in [0.15, 0.2) is 42.5 Å². The first-order valence-electron chi connectivity index (χ1n) is 9.45. The Labute approximate surface area is 158 Å². The molecular weight excluding hydrogens is 340 g/mol. The maximum atomic E-state index is 12.9. The fourth-order valence-corrected chi connectivity index (χ4v) is 4.01. The number of likely N-dealkylation sites (tertiary alicyclic amines) is 1. The molecule has 1 fully saturated rings. The number of rotatable bonds is 3. The van der Waals surface area contributed by atoms with E-state index in [1.54, 1.807) is 17.0 Å². The summed E-state index contributed by atoms with van der Waals surface area (Å²) in [6.45, 7) is 3.66. The number of amides is 2. The molecule has 0 saturated carbocycles. The van der Waals surface area contributed by atoms with E-state index < -0.39 is 0 Å². The van der Waals surface area contributed by atoms with Gasteiger partial charge in [-0.2, -0.15) is 0 Å². The second-order valence-corrected chi connectivity index (χ2v) is 7.10. The topological polar surface area (TPSA) is 66.5 Å². The number of benzene rings is 2. The Balaban J connectivity index is 1.50. The molecule has 1 saturated heterocycles. The van der Waals surface area contributed by atoms with E-state index >= 15 is 0 Å². The van der Waals surface area contributed by atoms with Crippen molar-refractivity contribution in [1.29, 1.82) is 0 Å². The van der Waals surface area contributed by atoms with E-state index in [0.29, 0.717) is 49.2 Å². The van der Waals surface area contributed by atoms with Crippen molar-refractivity contribution in [3.05, 3.63) is 59.2 Å². The van der Waals surface area contributed by atoms with Crippen LogP contribution < -0.4 is 5.32 Å². The number of carbonyl (C=O) groups excluding carboxylic acids is 3. The number of nitrogens with zero attached hydrogens (tertiary/aromatic N) is 1. The van der Waals surface area contributed by atoms with Crippen LogP contribution in [0.4, 0.5) is 0 Å². The summed E-state index contributed by atoms with van der Waals surface area (Å²) >= 11 is 0. The van der Waals surface area contributed by atoms with Gasteiger partial charge in [-0.3, -0.25) is 14.4 Å². The molecule has 27 heavy (non-hydrogen) atoms. The molecule has 2 amide bonds. The molecule has 0 radical (unpaired) electrons. The van der Waals surface area contributed by atoms with Crippen LogP contribution in [-0.4, -0.2) is 42.1 Å². The Kier molecular flexibility index (Phi) is 4.52. The second-order valence-electron chi connectivity index (χ2n) is 7.10. The summed E-state index contributed by atoms with van der Waals surface area (Å²) in [5, 5.41) is 2.85. The quantitative estimate of drug-likeness (QED) is 0.779. The van der Waals surface area contributed by atoms with Gasteiger partial charge in [0.15, 0.2) is 5.78 Å². The average molecular weight is 362 g/mol. The molecule has 4 rings (SSSR count). The highest BCUT2D eigenvalue weighted by atomic mass is 16.2. The summed E-state index contributed by atoms with van der Waals surface area (Å²) in [6.07, 6.45) is 1.35. The van der Waals surface area contributed by atoms with Crippen molar-refractivity contribution < 1.29 is 14.4 Å². The number of carbonyl (C=O) groups is 3. The van der Waals surface area contributed by atoms with Crippen molar-refractivity contribution in [3.8, 4) is 11.1 Å². The first kappa shape index (κ1) is 17.5. The van der Waals surface area contributed by atoms with Crippen molar-refractivity contribution in [3.63, 3.8) is 0 Å². The van der Waals surface area contributed by atoms with E-state index in [0.717, 1.165) is 11.1 Å². The monoisotopic (exact) mass is 362 g/mol. The Hall–Kier alpha value is -2.95. The van der Waals surface area contributed by atoms with E-state index in [-0.39, 0.29) is 23.5 Å². The first-order chi connectivity index (χ1) is 13.1. The lowest BCUT2D eigenvalue weighted by Gasteiger charge is -2.31. The largest absolute Gasteiger partial charge is 0.356 e. The van der Waals surface area contributed by atoms with Gasteiger partial charge in [-0.25, -0.2) is 0 Å². The summed E-state index contributed by atoms with van der Waals surface area (Å²) < 4.78 is 0. The lowest BCUT2D eigenvalue weighted by Crippen LogP contribution is -2.43. The lowest BCUT2D eigenvalue weighted by atomic mass is 9.95. The predicted molar refractivity (Wildman–Crippen MR) is 103 cm³/mol. The molecular formula is C22H22N2O3. The zero-order valence-corrected chi connectivity index (χ0v) is 15.3. The molecule has 0 atom stereocenters. The molecule has 1 N–H and O–H groups in total. The van der Waals surface area contributed by atoms with E-state index in [2.05, 4.69) is 5.32 Å². The molecule has 1 aliphatic carbocycles. The van der Waals surface area contributed by atoms with E-state index in [9.17, 15) is 14.4 Å². The highest BCUT2D eigenvalue weighted by molar-refractivity contribution is 6.22. The number of piperidine rings is 1. The van der Waals surface area contributed by atoms with E-state index in [1.165, 1.54) is 0 Å². The molecule has 0 aromatic heterocycles. The number of hydrogen-bond donors (Lipinski definition) is 1. The molecule has 2 aliphatic rings. The van der Waals surface area contributed by atoms with Gasteiger partial charge < -0.3 is 10.2 Å². The van der Waals surface area contributed by atoms with Gasteiger partial charge in [0.2, 0.25) is 5.91 Å². The Morgan fingerprint density at radius 2 is 1.67 bits per heavy atom. The molecule has 2 aromatic rings. The summed E-state index contributed by atoms with van der Waals surface area (Å²) in [6, 6.07) is 12.9. The summed E-state index contributed by atoms with van der Waals surface area (Å²) in [5.74, 6) is -0.0447. The third kappa shape index (κ3) is 3.03. The van der Waals surface area contributed by atoms with Gasteiger partial charge in [0, 0.05) is 42.2 Å². The minimum absolute atomic E-state index is 0.0230. The van der Waals surface area contributed by atoms with Crippen molar-refractivity contribution in [2.45, 2.75) is 19.8 Å². The van der Waals surface area contributed by atoms with Crippen molar-refractivity contribution >= 4 is 17.6 Å².